The van der Waals surface area contributed by atoms with E-state index in [1.807, 2.05) is 0 Å². The molecular formula is C16H9Cl2F6NO2. The van der Waals surface area contributed by atoms with Gasteiger partial charge in [0.15, 0.2) is 0 Å². The molecule has 0 heterocycles. The van der Waals surface area contributed by atoms with E-state index in [0.29, 0.717) is 12.1 Å². The molecule has 0 aliphatic carbocycles. The molecule has 0 saturated heterocycles. The Kier molecular flexibility index (Phi) is 5.70. The third-order valence-electron chi connectivity index (χ3n) is 3.58. The molecule has 0 spiro atoms. The molecule has 0 fully saturated rings. The first kappa shape index (κ1) is 21.3. The summed E-state index contributed by atoms with van der Waals surface area (Å²) in [5.74, 6) is -0.780. The van der Waals surface area contributed by atoms with Gasteiger partial charge in [-0.05, 0) is 24.3 Å². The Morgan fingerprint density at radius 2 is 1.41 bits per heavy atom. The van der Waals surface area contributed by atoms with Gasteiger partial charge >= 0.3 is 12.4 Å². The van der Waals surface area contributed by atoms with Crippen LogP contribution in [0.4, 0.5) is 32.0 Å². The number of amides is 1. The second-order valence-corrected chi connectivity index (χ2v) is 6.12. The Morgan fingerprint density at radius 3 is 1.89 bits per heavy atom. The van der Waals surface area contributed by atoms with Gasteiger partial charge in [-0.3, -0.25) is 4.79 Å². The molecule has 2 aromatic rings. The number of alkyl halides is 6. The number of carbonyl (C=O) groups is 1. The van der Waals surface area contributed by atoms with Crippen molar-refractivity contribution in [2.75, 3.05) is 5.32 Å². The standard InChI is InChI=1S/C16H9Cl2F6NO2/c17-11-3-1-2-10(12(11)18)13(26)25-9-6-4-8(5-7-9)14(27,15(19,20)21)16(22,23)24/h1-7,27H,(H,25,26). The second kappa shape index (κ2) is 7.21. The molecular weight excluding hydrogens is 423 g/mol. The number of rotatable bonds is 3. The van der Waals surface area contributed by atoms with Crippen LogP contribution in [0.15, 0.2) is 42.5 Å². The molecule has 2 aromatic carbocycles. The highest BCUT2D eigenvalue weighted by Crippen LogP contribution is 2.50. The van der Waals surface area contributed by atoms with Crippen LogP contribution in [-0.4, -0.2) is 23.4 Å². The Morgan fingerprint density at radius 1 is 0.889 bits per heavy atom. The Bertz CT molecular complexity index is 835. The maximum atomic E-state index is 12.8. The Hall–Kier alpha value is -1.97. The molecule has 0 aliphatic rings. The lowest BCUT2D eigenvalue weighted by Crippen LogP contribution is -2.53. The quantitative estimate of drug-likeness (QED) is 0.625. The van der Waals surface area contributed by atoms with Gasteiger partial charge in [-0.2, -0.15) is 26.3 Å². The lowest BCUT2D eigenvalue weighted by atomic mass is 9.92. The van der Waals surface area contributed by atoms with Crippen LogP contribution < -0.4 is 5.32 Å². The van der Waals surface area contributed by atoms with Crippen LogP contribution in [0.1, 0.15) is 15.9 Å². The number of aliphatic hydroxyl groups is 1. The molecule has 0 radical (unpaired) electrons. The van der Waals surface area contributed by atoms with Crippen molar-refractivity contribution in [3.63, 3.8) is 0 Å². The van der Waals surface area contributed by atoms with Crippen molar-refractivity contribution in [1.82, 2.24) is 0 Å². The van der Waals surface area contributed by atoms with Gasteiger partial charge in [0.1, 0.15) is 0 Å². The molecule has 0 bridgehead atoms. The predicted octanol–water partition coefficient (Wildman–Crippen LogP) is 5.56. The average Bonchev–Trinajstić information content (AvgIpc) is 2.55. The lowest BCUT2D eigenvalue weighted by Gasteiger charge is -2.32. The topological polar surface area (TPSA) is 49.3 Å². The van der Waals surface area contributed by atoms with Crippen molar-refractivity contribution in [2.45, 2.75) is 18.0 Å². The number of halogens is 8. The van der Waals surface area contributed by atoms with Crippen molar-refractivity contribution in [3.8, 4) is 0 Å². The van der Waals surface area contributed by atoms with E-state index in [0.717, 1.165) is 12.1 Å². The molecule has 2 rings (SSSR count). The highest BCUT2D eigenvalue weighted by atomic mass is 35.5. The monoisotopic (exact) mass is 431 g/mol. The predicted molar refractivity (Wildman–Crippen MR) is 86.9 cm³/mol. The van der Waals surface area contributed by atoms with Crippen molar-refractivity contribution in [3.05, 3.63) is 63.6 Å². The van der Waals surface area contributed by atoms with E-state index in [4.69, 9.17) is 23.2 Å². The highest BCUT2D eigenvalue weighted by molar-refractivity contribution is 6.44. The molecule has 0 unspecified atom stereocenters. The van der Waals surface area contributed by atoms with Gasteiger partial charge in [-0.1, -0.05) is 41.4 Å². The van der Waals surface area contributed by atoms with Crippen LogP contribution in [0, 0.1) is 0 Å². The Balaban J connectivity index is 2.32. The van der Waals surface area contributed by atoms with E-state index in [1.165, 1.54) is 18.2 Å². The van der Waals surface area contributed by atoms with Crippen LogP contribution in [0.25, 0.3) is 0 Å². The van der Waals surface area contributed by atoms with E-state index in [2.05, 4.69) is 5.32 Å². The molecule has 27 heavy (non-hydrogen) atoms. The van der Waals surface area contributed by atoms with E-state index >= 15 is 0 Å². The summed E-state index contributed by atoms with van der Waals surface area (Å²) >= 11 is 11.6. The molecule has 0 saturated carbocycles. The van der Waals surface area contributed by atoms with Crippen molar-refractivity contribution >= 4 is 34.8 Å². The van der Waals surface area contributed by atoms with Crippen LogP contribution >= 0.6 is 23.2 Å². The maximum absolute atomic E-state index is 12.8. The van der Waals surface area contributed by atoms with Crippen molar-refractivity contribution in [1.29, 1.82) is 0 Å². The second-order valence-electron chi connectivity index (χ2n) is 5.34. The third kappa shape index (κ3) is 3.99. The fraction of sp³-hybridized carbons (Fsp3) is 0.188. The first-order chi connectivity index (χ1) is 12.3. The lowest BCUT2D eigenvalue weighted by molar-refractivity contribution is -0.376. The van der Waals surface area contributed by atoms with Gasteiger partial charge in [0, 0.05) is 11.3 Å². The highest BCUT2D eigenvalue weighted by Gasteiger charge is 2.71. The van der Waals surface area contributed by atoms with Gasteiger partial charge in [-0.15, -0.1) is 0 Å². The zero-order valence-electron chi connectivity index (χ0n) is 12.9. The van der Waals surface area contributed by atoms with Gasteiger partial charge < -0.3 is 10.4 Å². The van der Waals surface area contributed by atoms with Crippen molar-refractivity contribution in [2.24, 2.45) is 0 Å². The van der Waals surface area contributed by atoms with Gasteiger partial charge in [0.2, 0.25) is 0 Å². The van der Waals surface area contributed by atoms with Gasteiger partial charge in [-0.25, -0.2) is 0 Å². The summed E-state index contributed by atoms with van der Waals surface area (Å²) in [5, 5.41) is 11.6. The SMILES string of the molecule is O=C(Nc1ccc(C(O)(C(F)(F)F)C(F)(F)F)cc1)c1cccc(Cl)c1Cl. The summed E-state index contributed by atoms with van der Waals surface area (Å²) in [6, 6.07) is 6.57. The summed E-state index contributed by atoms with van der Waals surface area (Å²) in [6.45, 7) is 0. The van der Waals surface area contributed by atoms with Gasteiger partial charge in [0.25, 0.3) is 11.5 Å². The van der Waals surface area contributed by atoms with E-state index in [9.17, 15) is 36.2 Å². The fourth-order valence-electron chi connectivity index (χ4n) is 2.16. The minimum atomic E-state index is -6.00. The Labute approximate surface area is 158 Å². The first-order valence-electron chi connectivity index (χ1n) is 7.00. The zero-order valence-corrected chi connectivity index (χ0v) is 14.4. The average molecular weight is 432 g/mol. The van der Waals surface area contributed by atoms with E-state index in [-0.39, 0.29) is 21.3 Å². The summed E-state index contributed by atoms with van der Waals surface area (Å²) in [7, 11) is 0. The molecule has 1 amide bonds. The third-order valence-corrected chi connectivity index (χ3v) is 4.40. The fourth-order valence-corrected chi connectivity index (χ4v) is 2.55. The number of anilines is 1. The smallest absolute Gasteiger partial charge is 0.369 e. The first-order valence-corrected chi connectivity index (χ1v) is 7.76. The number of carbonyl (C=O) groups excluding carboxylic acids is 1. The summed E-state index contributed by atoms with van der Waals surface area (Å²) in [4.78, 5) is 12.1. The van der Waals surface area contributed by atoms with Crippen LogP contribution in [-0.2, 0) is 5.60 Å². The van der Waals surface area contributed by atoms with Crippen LogP contribution in [0.3, 0.4) is 0 Å². The minimum Gasteiger partial charge on any atom is -0.369 e. The number of benzene rings is 2. The molecule has 0 aliphatic heterocycles. The maximum Gasteiger partial charge on any atom is 0.430 e. The number of hydrogen-bond acceptors (Lipinski definition) is 2. The van der Waals surface area contributed by atoms with E-state index in [1.54, 1.807) is 0 Å². The summed E-state index contributed by atoms with van der Waals surface area (Å²) < 4.78 is 77.0. The molecule has 0 atom stereocenters. The van der Waals surface area contributed by atoms with Crippen molar-refractivity contribution < 1.29 is 36.2 Å². The molecule has 146 valence electrons. The number of nitrogens with one attached hydrogen (secondary N) is 1. The largest absolute Gasteiger partial charge is 0.430 e. The molecule has 2 N–H and O–H groups in total. The summed E-state index contributed by atoms with van der Waals surface area (Å²) in [6.07, 6.45) is -12.0. The molecule has 0 aromatic heterocycles. The summed E-state index contributed by atoms with van der Waals surface area (Å²) in [5.41, 5.74) is -6.65. The normalized spacial score (nSPS) is 12.8. The van der Waals surface area contributed by atoms with Crippen LogP contribution in [0.2, 0.25) is 10.0 Å². The van der Waals surface area contributed by atoms with Crippen LogP contribution in [0.5, 0.6) is 0 Å². The molecule has 11 heteroatoms. The van der Waals surface area contributed by atoms with E-state index < -0.39 is 29.4 Å². The minimum absolute atomic E-state index is 0.0460. The number of hydrogen-bond donors (Lipinski definition) is 2. The zero-order chi connectivity index (χ0) is 20.6. The molecule has 3 nitrogen and oxygen atoms in total. The van der Waals surface area contributed by atoms with Gasteiger partial charge in [0.05, 0.1) is 15.6 Å².